The highest BCUT2D eigenvalue weighted by Crippen LogP contribution is 2.36. The van der Waals surface area contributed by atoms with Crippen LogP contribution in [0.25, 0.3) is 0 Å². The van der Waals surface area contributed by atoms with Gasteiger partial charge in [-0.2, -0.15) is 0 Å². The third kappa shape index (κ3) is 4.42. The average Bonchev–Trinajstić information content (AvgIpc) is 3.57. The third-order valence-corrected chi connectivity index (χ3v) is 8.68. The highest BCUT2D eigenvalue weighted by Gasteiger charge is 2.40. The maximum absolute atomic E-state index is 13.0. The fourth-order valence-electron chi connectivity index (χ4n) is 6.45. The molecule has 2 aliphatic carbocycles. The predicted molar refractivity (Wildman–Crippen MR) is 130 cm³/mol. The number of likely N-dealkylation sites (tertiary alicyclic amines) is 1. The molecule has 2 amide bonds. The van der Waals surface area contributed by atoms with Crippen LogP contribution < -0.4 is 5.32 Å². The van der Waals surface area contributed by atoms with Gasteiger partial charge in [-0.25, -0.2) is 0 Å². The van der Waals surface area contributed by atoms with Crippen molar-refractivity contribution < 1.29 is 14.3 Å². The van der Waals surface area contributed by atoms with Gasteiger partial charge in [0.05, 0.1) is 6.10 Å². The largest absolute Gasteiger partial charge is 0.375 e. The van der Waals surface area contributed by atoms with Crippen molar-refractivity contribution in [2.24, 2.45) is 11.8 Å². The summed E-state index contributed by atoms with van der Waals surface area (Å²) in [6.45, 7) is 7.55. The number of nitrogens with zero attached hydrogens (tertiary/aromatic N) is 2. The normalized spacial score (nSPS) is 30.3. The van der Waals surface area contributed by atoms with Crippen LogP contribution in [0.15, 0.2) is 30.5 Å². The number of piperidine rings is 1. The van der Waals surface area contributed by atoms with Crippen molar-refractivity contribution in [1.82, 2.24) is 15.1 Å². The molecule has 34 heavy (non-hydrogen) atoms. The van der Waals surface area contributed by atoms with Crippen LogP contribution in [0.5, 0.6) is 0 Å². The van der Waals surface area contributed by atoms with E-state index < -0.39 is 6.04 Å². The highest BCUT2D eigenvalue weighted by molar-refractivity contribution is 6.01. The molecular formula is C28H37N3O3. The molecule has 1 N–H and O–H groups in total. The summed E-state index contributed by atoms with van der Waals surface area (Å²) < 4.78 is 6.10. The Morgan fingerprint density at radius 3 is 2.68 bits per heavy atom. The van der Waals surface area contributed by atoms with E-state index in [1.807, 2.05) is 6.07 Å². The minimum absolute atomic E-state index is 0.0115. The first-order chi connectivity index (χ1) is 16.5. The summed E-state index contributed by atoms with van der Waals surface area (Å²) in [5.74, 6) is 1.39. The Hall–Kier alpha value is -2.18. The lowest BCUT2D eigenvalue weighted by molar-refractivity contribution is -0.126. The van der Waals surface area contributed by atoms with Gasteiger partial charge in [0.25, 0.3) is 5.91 Å². The fraction of sp³-hybridized carbons (Fsp3) is 0.643. The lowest BCUT2D eigenvalue weighted by Gasteiger charge is -2.48. The lowest BCUT2D eigenvalue weighted by atomic mass is 9.78. The molecule has 4 fully saturated rings. The molecule has 6 nitrogen and oxygen atoms in total. The monoisotopic (exact) mass is 463 g/mol. The quantitative estimate of drug-likeness (QED) is 0.671. The van der Waals surface area contributed by atoms with Crippen molar-refractivity contribution in [2.45, 2.75) is 82.5 Å². The van der Waals surface area contributed by atoms with Crippen molar-refractivity contribution in [2.75, 3.05) is 19.7 Å². The third-order valence-electron chi connectivity index (χ3n) is 8.68. The van der Waals surface area contributed by atoms with Crippen molar-refractivity contribution in [3.05, 3.63) is 47.2 Å². The average molecular weight is 464 g/mol. The number of rotatable bonds is 7. The zero-order valence-corrected chi connectivity index (χ0v) is 20.1. The summed E-state index contributed by atoms with van der Waals surface area (Å²) in [5, 5.41) is 2.82. The van der Waals surface area contributed by atoms with Crippen LogP contribution in [0.2, 0.25) is 0 Å². The maximum atomic E-state index is 13.0. The number of carbonyl (C=O) groups excluding carboxylic acids is 2. The standard InChI is InChI=1S/C28H37N3O3/c1-18-6-11-26(27(32)29-18)31-14-22-13-20(9-10-24(22)28(31)33)12-21-4-2-3-5-25(21)30-15-23(16-30)34-17-19-7-8-19/h9-10,13,19,21,23,25-26H,1-8,11-12,14-17H2,(H,29,32)/t21-,25+,26?/m1/s1. The Morgan fingerprint density at radius 1 is 1.06 bits per heavy atom. The molecule has 0 spiro atoms. The van der Waals surface area contributed by atoms with E-state index >= 15 is 0 Å². The van der Waals surface area contributed by atoms with Gasteiger partial charge in [0.15, 0.2) is 0 Å². The van der Waals surface area contributed by atoms with Crippen LogP contribution in [0.4, 0.5) is 0 Å². The maximum Gasteiger partial charge on any atom is 0.255 e. The number of hydrogen-bond acceptors (Lipinski definition) is 4. The van der Waals surface area contributed by atoms with Gasteiger partial charge in [-0.05, 0) is 74.0 Å². The number of amides is 2. The Bertz CT molecular complexity index is 981. The Kier molecular flexibility index (Phi) is 5.98. The first kappa shape index (κ1) is 22.3. The summed E-state index contributed by atoms with van der Waals surface area (Å²) in [5.41, 5.74) is 3.91. The molecular weight excluding hydrogens is 426 g/mol. The Morgan fingerprint density at radius 2 is 1.88 bits per heavy atom. The van der Waals surface area contributed by atoms with Crippen LogP contribution in [0.1, 0.15) is 72.9 Å². The number of benzene rings is 1. The van der Waals surface area contributed by atoms with Gasteiger partial charge < -0.3 is 15.0 Å². The summed E-state index contributed by atoms with van der Waals surface area (Å²) in [6.07, 6.45) is 10.8. The zero-order valence-electron chi connectivity index (χ0n) is 20.1. The molecule has 3 atom stereocenters. The number of fused-ring (bicyclic) bond motifs is 1. The van der Waals surface area contributed by atoms with E-state index in [2.05, 4.69) is 28.9 Å². The zero-order chi connectivity index (χ0) is 23.2. The van der Waals surface area contributed by atoms with Crippen LogP contribution in [0, 0.1) is 11.8 Å². The molecule has 0 aromatic heterocycles. The number of nitrogens with one attached hydrogen (secondary N) is 1. The van der Waals surface area contributed by atoms with Crippen LogP contribution in [0.3, 0.4) is 0 Å². The van der Waals surface area contributed by atoms with Crippen molar-refractivity contribution in [3.8, 4) is 0 Å². The van der Waals surface area contributed by atoms with E-state index in [9.17, 15) is 9.59 Å². The Labute approximate surface area is 202 Å². The van der Waals surface area contributed by atoms with Gasteiger partial charge in [0.2, 0.25) is 5.91 Å². The molecule has 3 aliphatic heterocycles. The molecule has 6 heteroatoms. The number of allylic oxidation sites excluding steroid dienone is 1. The second-order valence-electron chi connectivity index (χ2n) is 11.2. The summed E-state index contributed by atoms with van der Waals surface area (Å²) in [6, 6.07) is 6.64. The summed E-state index contributed by atoms with van der Waals surface area (Å²) in [7, 11) is 0. The molecule has 2 saturated carbocycles. The molecule has 6 rings (SSSR count). The van der Waals surface area contributed by atoms with Crippen LogP contribution in [-0.4, -0.2) is 59.5 Å². The lowest BCUT2D eigenvalue weighted by Crippen LogP contribution is -2.59. The molecule has 1 aromatic rings. The van der Waals surface area contributed by atoms with Crippen molar-refractivity contribution in [3.63, 3.8) is 0 Å². The fourth-order valence-corrected chi connectivity index (χ4v) is 6.45. The van der Waals surface area contributed by atoms with E-state index in [1.165, 1.54) is 44.1 Å². The van der Waals surface area contributed by atoms with Crippen LogP contribution in [-0.2, 0) is 22.5 Å². The first-order valence-corrected chi connectivity index (χ1v) is 13.3. The summed E-state index contributed by atoms with van der Waals surface area (Å²) in [4.78, 5) is 29.9. The topological polar surface area (TPSA) is 61.9 Å². The van der Waals surface area contributed by atoms with Gasteiger partial charge in [-0.15, -0.1) is 0 Å². The van der Waals surface area contributed by atoms with Gasteiger partial charge in [-0.1, -0.05) is 31.6 Å². The van der Waals surface area contributed by atoms with E-state index in [0.717, 1.165) is 55.3 Å². The second-order valence-corrected chi connectivity index (χ2v) is 11.2. The molecule has 5 aliphatic rings. The van der Waals surface area contributed by atoms with Crippen molar-refractivity contribution in [1.29, 1.82) is 0 Å². The van der Waals surface area contributed by atoms with Crippen molar-refractivity contribution >= 4 is 11.8 Å². The van der Waals surface area contributed by atoms with Crippen LogP contribution >= 0.6 is 0 Å². The predicted octanol–water partition coefficient (Wildman–Crippen LogP) is 3.65. The smallest absolute Gasteiger partial charge is 0.255 e. The number of ether oxygens (including phenoxy) is 1. The molecule has 1 unspecified atom stereocenters. The molecule has 2 saturated heterocycles. The molecule has 1 aromatic carbocycles. The van der Waals surface area contributed by atoms with Gasteiger partial charge in [0, 0.05) is 43.5 Å². The number of carbonyl (C=O) groups is 2. The second kappa shape index (κ2) is 9.12. The summed E-state index contributed by atoms with van der Waals surface area (Å²) >= 11 is 0. The van der Waals surface area contributed by atoms with Gasteiger partial charge >= 0.3 is 0 Å². The van der Waals surface area contributed by atoms with E-state index in [0.29, 0.717) is 31.0 Å². The van der Waals surface area contributed by atoms with E-state index in [-0.39, 0.29) is 11.8 Å². The minimum atomic E-state index is -0.391. The SMILES string of the molecule is C=C1CCC(N2Cc3cc(C[C@H]4CCCC[C@@H]4N4CC(OCC5CC5)C4)ccc3C2=O)C(=O)N1. The minimum Gasteiger partial charge on any atom is -0.375 e. The van der Waals surface area contributed by atoms with Gasteiger partial charge in [0.1, 0.15) is 6.04 Å². The highest BCUT2D eigenvalue weighted by atomic mass is 16.5. The van der Waals surface area contributed by atoms with E-state index in [4.69, 9.17) is 4.74 Å². The Balaban J connectivity index is 1.09. The first-order valence-electron chi connectivity index (χ1n) is 13.3. The number of hydrogen-bond donors (Lipinski definition) is 1. The van der Waals surface area contributed by atoms with E-state index in [1.54, 1.807) is 4.90 Å². The molecule has 0 bridgehead atoms. The van der Waals surface area contributed by atoms with Gasteiger partial charge in [-0.3, -0.25) is 14.5 Å². The molecule has 0 radical (unpaired) electrons. The molecule has 3 heterocycles. The molecule has 182 valence electrons.